The smallest absolute Gasteiger partial charge is 0.244 e. The molecule has 2 rings (SSSR count). The number of likely N-dealkylation sites (tertiary alicyclic amines) is 1. The van der Waals surface area contributed by atoms with E-state index in [0.717, 1.165) is 25.1 Å². The van der Waals surface area contributed by atoms with Crippen molar-refractivity contribution in [3.05, 3.63) is 35.9 Å². The second kappa shape index (κ2) is 5.98. The molecule has 4 heteroatoms. The first-order valence-electron chi connectivity index (χ1n) is 6.30. The van der Waals surface area contributed by atoms with Crippen molar-refractivity contribution in [1.29, 1.82) is 0 Å². The number of hydrogen-bond donors (Lipinski definition) is 1. The van der Waals surface area contributed by atoms with E-state index in [1.54, 1.807) is 7.11 Å². The molecule has 18 heavy (non-hydrogen) atoms. The number of carbonyl (C=O) groups excluding carboxylic acids is 1. The molecule has 1 aliphatic rings. The van der Waals surface area contributed by atoms with Crippen LogP contribution in [0.1, 0.15) is 18.0 Å². The maximum absolute atomic E-state index is 12.3. The lowest BCUT2D eigenvalue weighted by Gasteiger charge is -2.21. The van der Waals surface area contributed by atoms with Crippen molar-refractivity contribution >= 4 is 5.91 Å². The molecule has 2 atom stereocenters. The van der Waals surface area contributed by atoms with Gasteiger partial charge >= 0.3 is 0 Å². The van der Waals surface area contributed by atoms with E-state index in [2.05, 4.69) is 0 Å². The van der Waals surface area contributed by atoms with Crippen molar-refractivity contribution in [3.63, 3.8) is 0 Å². The SMILES string of the molecule is COCC1CCN(C(=O)C(N)c2ccccc2)C1. The third-order valence-electron chi connectivity index (χ3n) is 3.42. The number of carbonyl (C=O) groups is 1. The largest absolute Gasteiger partial charge is 0.384 e. The van der Waals surface area contributed by atoms with E-state index in [1.165, 1.54) is 0 Å². The van der Waals surface area contributed by atoms with Crippen LogP contribution in [0.25, 0.3) is 0 Å². The van der Waals surface area contributed by atoms with E-state index < -0.39 is 6.04 Å². The van der Waals surface area contributed by atoms with Crippen molar-refractivity contribution in [2.75, 3.05) is 26.8 Å². The summed E-state index contributed by atoms with van der Waals surface area (Å²) >= 11 is 0. The fraction of sp³-hybridized carbons (Fsp3) is 0.500. The fourth-order valence-corrected chi connectivity index (χ4v) is 2.40. The molecule has 1 aliphatic heterocycles. The Labute approximate surface area is 108 Å². The van der Waals surface area contributed by atoms with Crippen molar-refractivity contribution in [2.45, 2.75) is 12.5 Å². The Morgan fingerprint density at radius 1 is 1.50 bits per heavy atom. The predicted molar refractivity (Wildman–Crippen MR) is 69.9 cm³/mol. The van der Waals surface area contributed by atoms with Gasteiger partial charge in [-0.1, -0.05) is 30.3 Å². The van der Waals surface area contributed by atoms with E-state index >= 15 is 0 Å². The third-order valence-corrected chi connectivity index (χ3v) is 3.42. The minimum Gasteiger partial charge on any atom is -0.384 e. The van der Waals surface area contributed by atoms with Crippen LogP contribution in [0.15, 0.2) is 30.3 Å². The minimum absolute atomic E-state index is 0.0137. The van der Waals surface area contributed by atoms with Crippen molar-refractivity contribution in [2.24, 2.45) is 11.7 Å². The normalized spacial score (nSPS) is 21.0. The minimum atomic E-state index is -0.549. The lowest BCUT2D eigenvalue weighted by Crippen LogP contribution is -2.37. The number of methoxy groups -OCH3 is 1. The number of nitrogens with two attached hydrogens (primary N) is 1. The summed E-state index contributed by atoms with van der Waals surface area (Å²) in [4.78, 5) is 14.1. The number of rotatable bonds is 4. The molecular formula is C14H20N2O2. The molecular weight excluding hydrogens is 228 g/mol. The average Bonchev–Trinajstić information content (AvgIpc) is 2.87. The van der Waals surface area contributed by atoms with Crippen molar-refractivity contribution < 1.29 is 9.53 Å². The molecule has 0 radical (unpaired) electrons. The van der Waals surface area contributed by atoms with Gasteiger partial charge in [0.15, 0.2) is 0 Å². The van der Waals surface area contributed by atoms with Crippen LogP contribution in [-0.4, -0.2) is 37.6 Å². The first kappa shape index (κ1) is 13.1. The highest BCUT2D eigenvalue weighted by Gasteiger charge is 2.29. The first-order chi connectivity index (χ1) is 8.72. The molecule has 1 heterocycles. The highest BCUT2D eigenvalue weighted by atomic mass is 16.5. The summed E-state index contributed by atoms with van der Waals surface area (Å²) in [6.45, 7) is 2.25. The molecule has 4 nitrogen and oxygen atoms in total. The summed E-state index contributed by atoms with van der Waals surface area (Å²) in [5, 5.41) is 0. The number of nitrogens with zero attached hydrogens (tertiary/aromatic N) is 1. The first-order valence-corrected chi connectivity index (χ1v) is 6.30. The zero-order valence-electron chi connectivity index (χ0n) is 10.7. The zero-order valence-corrected chi connectivity index (χ0v) is 10.7. The summed E-state index contributed by atoms with van der Waals surface area (Å²) in [5.41, 5.74) is 6.89. The van der Waals surface area contributed by atoms with Gasteiger partial charge < -0.3 is 15.4 Å². The molecule has 0 bridgehead atoms. The van der Waals surface area contributed by atoms with E-state index in [-0.39, 0.29) is 5.91 Å². The summed E-state index contributed by atoms with van der Waals surface area (Å²) in [7, 11) is 1.69. The van der Waals surface area contributed by atoms with Crippen LogP contribution >= 0.6 is 0 Å². The highest BCUT2D eigenvalue weighted by molar-refractivity contribution is 5.83. The van der Waals surface area contributed by atoms with Crippen LogP contribution in [-0.2, 0) is 9.53 Å². The van der Waals surface area contributed by atoms with Gasteiger partial charge in [0.1, 0.15) is 6.04 Å². The summed E-state index contributed by atoms with van der Waals surface area (Å²) in [6.07, 6.45) is 1.00. The Kier molecular flexibility index (Phi) is 4.33. The lowest BCUT2D eigenvalue weighted by atomic mass is 10.1. The van der Waals surface area contributed by atoms with Gasteiger partial charge in [0, 0.05) is 26.1 Å². The molecule has 1 saturated heterocycles. The lowest BCUT2D eigenvalue weighted by molar-refractivity contribution is -0.131. The molecule has 1 aromatic rings. The molecule has 0 saturated carbocycles. The van der Waals surface area contributed by atoms with Crippen LogP contribution in [0.5, 0.6) is 0 Å². The number of benzene rings is 1. The second-order valence-electron chi connectivity index (χ2n) is 4.78. The highest BCUT2D eigenvalue weighted by Crippen LogP contribution is 2.20. The Bertz CT molecular complexity index is 394. The molecule has 0 aliphatic carbocycles. The maximum atomic E-state index is 12.3. The van der Waals surface area contributed by atoms with E-state index in [1.807, 2.05) is 35.2 Å². The molecule has 1 amide bonds. The van der Waals surface area contributed by atoms with Crippen LogP contribution in [0, 0.1) is 5.92 Å². The zero-order chi connectivity index (χ0) is 13.0. The van der Waals surface area contributed by atoms with Crippen molar-refractivity contribution in [1.82, 2.24) is 4.90 Å². The van der Waals surface area contributed by atoms with Gasteiger partial charge in [0.05, 0.1) is 6.61 Å². The van der Waals surface area contributed by atoms with Gasteiger partial charge in [-0.05, 0) is 12.0 Å². The Morgan fingerprint density at radius 3 is 2.89 bits per heavy atom. The van der Waals surface area contributed by atoms with Crippen LogP contribution in [0.4, 0.5) is 0 Å². The number of hydrogen-bond acceptors (Lipinski definition) is 3. The Balaban J connectivity index is 1.96. The van der Waals surface area contributed by atoms with Gasteiger partial charge in [-0.2, -0.15) is 0 Å². The molecule has 2 N–H and O–H groups in total. The van der Waals surface area contributed by atoms with Gasteiger partial charge in [-0.25, -0.2) is 0 Å². The molecule has 2 unspecified atom stereocenters. The molecule has 0 aromatic heterocycles. The third kappa shape index (κ3) is 2.89. The fourth-order valence-electron chi connectivity index (χ4n) is 2.40. The van der Waals surface area contributed by atoms with Crippen LogP contribution < -0.4 is 5.73 Å². The van der Waals surface area contributed by atoms with E-state index in [4.69, 9.17) is 10.5 Å². The number of ether oxygens (including phenoxy) is 1. The standard InChI is InChI=1S/C14H20N2O2/c1-18-10-11-7-8-16(9-11)14(17)13(15)12-5-3-2-4-6-12/h2-6,11,13H,7-10,15H2,1H3. The van der Waals surface area contributed by atoms with E-state index in [0.29, 0.717) is 12.5 Å². The van der Waals surface area contributed by atoms with Gasteiger partial charge in [-0.3, -0.25) is 4.79 Å². The van der Waals surface area contributed by atoms with Gasteiger partial charge in [0.25, 0.3) is 0 Å². The summed E-state index contributed by atoms with van der Waals surface area (Å²) < 4.78 is 5.13. The number of amides is 1. The van der Waals surface area contributed by atoms with Crippen LogP contribution in [0.3, 0.4) is 0 Å². The molecule has 1 aromatic carbocycles. The quantitative estimate of drug-likeness (QED) is 0.870. The van der Waals surface area contributed by atoms with Gasteiger partial charge in [0.2, 0.25) is 5.91 Å². The second-order valence-corrected chi connectivity index (χ2v) is 4.78. The molecule has 0 spiro atoms. The Morgan fingerprint density at radius 2 is 2.22 bits per heavy atom. The molecule has 1 fully saturated rings. The summed E-state index contributed by atoms with van der Waals surface area (Å²) in [6, 6.07) is 8.97. The topological polar surface area (TPSA) is 55.6 Å². The molecule has 98 valence electrons. The predicted octanol–water partition coefficient (Wildman–Crippen LogP) is 1.18. The van der Waals surface area contributed by atoms with Crippen molar-refractivity contribution in [3.8, 4) is 0 Å². The summed E-state index contributed by atoms with van der Waals surface area (Å²) in [5.74, 6) is 0.460. The van der Waals surface area contributed by atoms with E-state index in [9.17, 15) is 4.79 Å². The monoisotopic (exact) mass is 248 g/mol. The van der Waals surface area contributed by atoms with Crippen LogP contribution in [0.2, 0.25) is 0 Å². The average molecular weight is 248 g/mol. The maximum Gasteiger partial charge on any atom is 0.244 e. The van der Waals surface area contributed by atoms with Gasteiger partial charge in [-0.15, -0.1) is 0 Å². The Hall–Kier alpha value is -1.39.